The average molecular weight is 746 g/mol. The van der Waals surface area contributed by atoms with E-state index in [0.29, 0.717) is 12.2 Å². The van der Waals surface area contributed by atoms with E-state index < -0.39 is 37.9 Å². The van der Waals surface area contributed by atoms with Crippen molar-refractivity contribution in [2.75, 3.05) is 19.6 Å². The molecule has 3 atom stereocenters. The van der Waals surface area contributed by atoms with Gasteiger partial charge < -0.3 is 24.2 Å². The van der Waals surface area contributed by atoms with Crippen LogP contribution < -0.4 is 15.6 Å². The first-order valence-corrected chi connectivity index (χ1v) is 19.7. The third kappa shape index (κ3) is 12.0. The number of aryl methyl sites for hydroxylation is 2. The Morgan fingerprint density at radius 3 is 1.70 bits per heavy atom. The van der Waals surface area contributed by atoms with Crippen molar-refractivity contribution >= 4 is 19.5 Å². The number of phenolic OH excluding ortho intramolecular Hbond substituents is 1. The normalized spacial score (nSPS) is 13.7. The summed E-state index contributed by atoms with van der Waals surface area (Å²) in [6.45, 7) is 11.5. The first kappa shape index (κ1) is 41.2. The largest absolute Gasteiger partial charge is 0.508 e. The van der Waals surface area contributed by atoms with E-state index in [-0.39, 0.29) is 37.7 Å². The summed E-state index contributed by atoms with van der Waals surface area (Å²) in [6, 6.07) is 25.4. The Labute approximate surface area is 312 Å². The van der Waals surface area contributed by atoms with Crippen molar-refractivity contribution in [2.24, 2.45) is 0 Å². The first-order chi connectivity index (χ1) is 25.3. The number of aromatic hydroxyl groups is 1. The molecule has 0 aliphatic heterocycles. The summed E-state index contributed by atoms with van der Waals surface area (Å²) in [6.07, 6.45) is 0.191. The minimum Gasteiger partial charge on any atom is -0.508 e. The summed E-state index contributed by atoms with van der Waals surface area (Å²) in [4.78, 5) is 39.0. The van der Waals surface area contributed by atoms with Crippen molar-refractivity contribution in [3.8, 4) is 11.5 Å². The van der Waals surface area contributed by atoms with E-state index in [4.69, 9.17) is 14.2 Å². The Balaban J connectivity index is 1.63. The maximum Gasteiger partial charge on any atom is 0.333 e. The minimum atomic E-state index is -4.57. The summed E-state index contributed by atoms with van der Waals surface area (Å²) in [5, 5.41) is 10.3. The van der Waals surface area contributed by atoms with E-state index in [1.165, 1.54) is 0 Å². The average Bonchev–Trinajstić information content (AvgIpc) is 3.12. The second-order valence-corrected chi connectivity index (χ2v) is 15.2. The molecule has 0 aromatic heterocycles. The fourth-order valence-electron chi connectivity index (χ4n) is 5.97. The molecule has 0 fully saturated rings. The highest BCUT2D eigenvalue weighted by molar-refractivity contribution is 7.55. The highest BCUT2D eigenvalue weighted by atomic mass is 31.2. The van der Waals surface area contributed by atoms with E-state index in [1.54, 1.807) is 19.9 Å². The molecule has 4 aromatic carbocycles. The molecule has 4 N–H and O–H groups in total. The summed E-state index contributed by atoms with van der Waals surface area (Å²) in [5.74, 6) is -0.465. The summed E-state index contributed by atoms with van der Waals surface area (Å²) >= 11 is 0. The van der Waals surface area contributed by atoms with Crippen molar-refractivity contribution < 1.29 is 38.4 Å². The smallest absolute Gasteiger partial charge is 0.333 e. The van der Waals surface area contributed by atoms with Gasteiger partial charge in [-0.2, -0.15) is 0 Å². The Bertz CT molecular complexity index is 1770. The molecule has 4 aromatic rings. The number of nitrogens with one attached hydrogen (secondary N) is 2. The van der Waals surface area contributed by atoms with Crippen LogP contribution >= 0.6 is 7.52 Å². The third-order valence-corrected chi connectivity index (χ3v) is 10.1. The van der Waals surface area contributed by atoms with Crippen molar-refractivity contribution in [2.45, 2.75) is 78.8 Å². The van der Waals surface area contributed by atoms with Crippen molar-refractivity contribution in [1.82, 2.24) is 15.7 Å². The standard InChI is InChI=1S/C41H52N3O8P/c1-7-50-40(46)37(25-31-15-11-9-12-16-31)42-44(43-38(41(47)51-8-2)26-32-17-13-10-14-18-32)53(48,49)27-52-34-21-29(5)36(30(6)22-34)24-33-19-20-39(45)35(23-33)28(3)4/h9-23,28,37-38,42-43,45H,7-8,24-27H2,1-6H3,(H,48,49). The van der Waals surface area contributed by atoms with Gasteiger partial charge >= 0.3 is 19.5 Å². The van der Waals surface area contributed by atoms with Gasteiger partial charge in [-0.1, -0.05) is 91.5 Å². The van der Waals surface area contributed by atoms with Crippen LogP contribution in [0.3, 0.4) is 0 Å². The quantitative estimate of drug-likeness (QED) is 0.0452. The molecule has 11 nitrogen and oxygen atoms in total. The van der Waals surface area contributed by atoms with E-state index in [2.05, 4.69) is 10.9 Å². The second kappa shape index (κ2) is 19.5. The van der Waals surface area contributed by atoms with Crippen LogP contribution in [0.15, 0.2) is 91.0 Å². The Hall–Kier alpha value is -4.51. The maximum atomic E-state index is 14.3. The van der Waals surface area contributed by atoms with Crippen molar-refractivity contribution in [1.29, 1.82) is 0 Å². The van der Waals surface area contributed by atoms with E-state index >= 15 is 0 Å². The lowest BCUT2D eigenvalue weighted by Crippen LogP contribution is -2.59. The molecule has 53 heavy (non-hydrogen) atoms. The predicted octanol–water partition coefficient (Wildman–Crippen LogP) is 6.90. The van der Waals surface area contributed by atoms with Crippen LogP contribution in [0, 0.1) is 13.8 Å². The molecule has 3 unspecified atom stereocenters. The predicted molar refractivity (Wildman–Crippen MR) is 205 cm³/mol. The van der Waals surface area contributed by atoms with E-state index in [0.717, 1.165) is 43.8 Å². The van der Waals surface area contributed by atoms with Gasteiger partial charge in [0.2, 0.25) is 0 Å². The van der Waals surface area contributed by atoms with Gasteiger partial charge in [0.25, 0.3) is 0 Å². The van der Waals surface area contributed by atoms with E-state index in [1.807, 2.05) is 113 Å². The lowest BCUT2D eigenvalue weighted by molar-refractivity contribution is -0.148. The number of hydrogen-bond donors (Lipinski definition) is 4. The van der Waals surface area contributed by atoms with Crippen LogP contribution in [0.1, 0.15) is 72.6 Å². The van der Waals surface area contributed by atoms with Gasteiger partial charge in [-0.25, -0.2) is 10.9 Å². The molecule has 4 rings (SSSR count). The number of benzene rings is 4. The number of rotatable bonds is 19. The highest BCUT2D eigenvalue weighted by Crippen LogP contribution is 2.43. The molecule has 0 aliphatic carbocycles. The lowest BCUT2D eigenvalue weighted by atomic mass is 9.93. The molecule has 12 heteroatoms. The number of esters is 2. The van der Waals surface area contributed by atoms with Gasteiger partial charge in [0.05, 0.1) is 13.2 Å². The number of ether oxygens (including phenoxy) is 3. The molecule has 0 spiro atoms. The molecule has 0 bridgehead atoms. The molecule has 0 aliphatic rings. The third-order valence-electron chi connectivity index (χ3n) is 8.74. The zero-order valence-electron chi connectivity index (χ0n) is 31.4. The maximum absolute atomic E-state index is 14.3. The SMILES string of the molecule is CCOC(=O)C(Cc1ccccc1)NN(NC(Cc1ccccc1)C(=O)OCC)P(=O)(O)COc1cc(C)c(Cc2ccc(O)c(C(C)C)c2)c(C)c1. The van der Waals surface area contributed by atoms with Crippen LogP contribution in [-0.2, 0) is 42.9 Å². The number of carbonyl (C=O) groups is 2. The van der Waals surface area contributed by atoms with Crippen LogP contribution in [0.25, 0.3) is 0 Å². The monoisotopic (exact) mass is 745 g/mol. The lowest BCUT2D eigenvalue weighted by Gasteiger charge is -2.33. The number of phenols is 1. The van der Waals surface area contributed by atoms with Crippen LogP contribution in [-0.4, -0.2) is 58.5 Å². The number of hydrazine groups is 2. The molecule has 0 heterocycles. The Morgan fingerprint density at radius 2 is 1.25 bits per heavy atom. The molecule has 0 radical (unpaired) electrons. The number of hydrogen-bond acceptors (Lipinski definition) is 9. The minimum absolute atomic E-state index is 0.0961. The van der Waals surface area contributed by atoms with Gasteiger partial charge in [-0.15, -0.1) is 0 Å². The number of nitrogens with zero attached hydrogens (tertiary/aromatic N) is 1. The van der Waals surface area contributed by atoms with Gasteiger partial charge in [-0.05, 0) is 110 Å². The zero-order chi connectivity index (χ0) is 38.5. The van der Waals surface area contributed by atoms with Crippen LogP contribution in [0.4, 0.5) is 0 Å². The zero-order valence-corrected chi connectivity index (χ0v) is 32.3. The van der Waals surface area contributed by atoms with Gasteiger partial charge in [0.1, 0.15) is 23.6 Å². The van der Waals surface area contributed by atoms with Crippen molar-refractivity contribution in [3.63, 3.8) is 0 Å². The van der Waals surface area contributed by atoms with Gasteiger partial charge in [0, 0.05) is 0 Å². The number of carbonyl (C=O) groups excluding carboxylic acids is 2. The van der Waals surface area contributed by atoms with Crippen LogP contribution in [0.2, 0.25) is 0 Å². The summed E-state index contributed by atoms with van der Waals surface area (Å²) < 4.78 is 31.0. The summed E-state index contributed by atoms with van der Waals surface area (Å²) in [5.41, 5.74) is 12.2. The second-order valence-electron chi connectivity index (χ2n) is 13.3. The fraction of sp³-hybridized carbons (Fsp3) is 0.366. The highest BCUT2D eigenvalue weighted by Gasteiger charge is 2.37. The Morgan fingerprint density at radius 1 is 0.755 bits per heavy atom. The molecule has 284 valence electrons. The van der Waals surface area contributed by atoms with Crippen molar-refractivity contribution in [3.05, 3.63) is 130 Å². The van der Waals surface area contributed by atoms with Gasteiger partial charge in [-0.3, -0.25) is 14.2 Å². The molecular formula is C41H52N3O8P. The molecule has 0 amide bonds. The molecular weight excluding hydrogens is 693 g/mol. The van der Waals surface area contributed by atoms with E-state index in [9.17, 15) is 24.2 Å². The topological polar surface area (TPSA) is 147 Å². The summed E-state index contributed by atoms with van der Waals surface area (Å²) in [7, 11) is -4.57. The van der Waals surface area contributed by atoms with Crippen LogP contribution in [0.5, 0.6) is 11.5 Å². The molecule has 0 saturated carbocycles. The first-order valence-electron chi connectivity index (χ1n) is 17.9. The fourth-order valence-corrected chi connectivity index (χ4v) is 7.05. The van der Waals surface area contributed by atoms with Gasteiger partial charge in [0.15, 0.2) is 6.35 Å². The molecule has 0 saturated heterocycles. The Kier molecular flexibility index (Phi) is 15.2.